The molecule has 2 fully saturated rings. The largest absolute Gasteiger partial charge is 0.444 e. The second kappa shape index (κ2) is 5.35. The van der Waals surface area contributed by atoms with Crippen LogP contribution in [0.25, 0.3) is 0 Å². The molecule has 0 radical (unpaired) electrons. The zero-order valence-electron chi connectivity index (χ0n) is 13.7. The minimum atomic E-state index is -0.519. The molecule has 1 aliphatic carbocycles. The van der Waals surface area contributed by atoms with Crippen LogP contribution < -0.4 is 0 Å². The maximum absolute atomic E-state index is 12.5. The number of Topliss-reactive ketones (excluding diaryl/α,β-unsaturated/α-hetero) is 1. The second-order valence-corrected chi connectivity index (χ2v) is 7.36. The first-order chi connectivity index (χ1) is 9.63. The Kier molecular flexibility index (Phi) is 4.04. The van der Waals surface area contributed by atoms with E-state index < -0.39 is 5.60 Å². The van der Waals surface area contributed by atoms with Gasteiger partial charge in [0.25, 0.3) is 0 Å². The van der Waals surface area contributed by atoms with Gasteiger partial charge in [0.2, 0.25) is 0 Å². The second-order valence-electron chi connectivity index (χ2n) is 7.36. The van der Waals surface area contributed by atoms with Crippen LogP contribution in [0.4, 0.5) is 4.79 Å². The van der Waals surface area contributed by atoms with Gasteiger partial charge in [-0.05, 0) is 40.0 Å². The van der Waals surface area contributed by atoms with Crippen molar-refractivity contribution in [2.45, 2.75) is 57.6 Å². The summed E-state index contributed by atoms with van der Waals surface area (Å²) in [6.45, 7) is 5.95. The Labute approximate surface area is 126 Å². The molecule has 0 aromatic rings. The van der Waals surface area contributed by atoms with Crippen LogP contribution in [-0.4, -0.2) is 53.5 Å². The minimum absolute atomic E-state index is 0.156. The van der Waals surface area contributed by atoms with Crippen molar-refractivity contribution in [1.29, 1.82) is 0 Å². The summed E-state index contributed by atoms with van der Waals surface area (Å²) in [7, 11) is 3.76. The molecule has 5 nitrogen and oxygen atoms in total. The number of ketones is 1. The SMILES string of the molecule is CN(C)C=C1CN(C(=O)OC(C)(C)C)C2(CCC2)CC1=O. The van der Waals surface area contributed by atoms with E-state index in [1.54, 1.807) is 4.90 Å². The maximum atomic E-state index is 12.5. The summed E-state index contributed by atoms with van der Waals surface area (Å²) in [6, 6.07) is 0. The first-order valence-electron chi connectivity index (χ1n) is 7.54. The van der Waals surface area contributed by atoms with E-state index >= 15 is 0 Å². The van der Waals surface area contributed by atoms with Gasteiger partial charge in [0, 0.05) is 32.3 Å². The molecule has 118 valence electrons. The first kappa shape index (κ1) is 15.9. The van der Waals surface area contributed by atoms with Gasteiger partial charge in [-0.15, -0.1) is 0 Å². The number of rotatable bonds is 1. The Bertz CT molecular complexity index is 470. The number of amides is 1. The molecule has 0 aromatic heterocycles. The summed E-state index contributed by atoms with van der Waals surface area (Å²) in [6.07, 6.45) is 4.79. The average Bonchev–Trinajstić information content (AvgIpc) is 2.26. The third-order valence-electron chi connectivity index (χ3n) is 4.06. The molecule has 2 rings (SSSR count). The molecular formula is C16H26N2O3. The Morgan fingerprint density at radius 2 is 1.95 bits per heavy atom. The molecule has 2 aliphatic rings. The summed E-state index contributed by atoms with van der Waals surface area (Å²) in [5.41, 5.74) is -0.138. The molecule has 0 unspecified atom stereocenters. The monoisotopic (exact) mass is 294 g/mol. The highest BCUT2D eigenvalue weighted by atomic mass is 16.6. The third-order valence-corrected chi connectivity index (χ3v) is 4.06. The topological polar surface area (TPSA) is 49.9 Å². The van der Waals surface area contributed by atoms with Crippen LogP contribution in [0.1, 0.15) is 46.5 Å². The molecule has 1 saturated heterocycles. The van der Waals surface area contributed by atoms with Gasteiger partial charge in [-0.3, -0.25) is 9.69 Å². The lowest BCUT2D eigenvalue weighted by atomic mass is 9.69. The number of piperidine rings is 1. The van der Waals surface area contributed by atoms with Crippen LogP contribution in [0.15, 0.2) is 11.8 Å². The highest BCUT2D eigenvalue weighted by Gasteiger charge is 2.51. The van der Waals surface area contributed by atoms with Crippen molar-refractivity contribution in [3.63, 3.8) is 0 Å². The normalized spacial score (nSPS) is 23.2. The van der Waals surface area contributed by atoms with E-state index in [2.05, 4.69) is 0 Å². The van der Waals surface area contributed by atoms with Crippen molar-refractivity contribution >= 4 is 11.9 Å². The van der Waals surface area contributed by atoms with Gasteiger partial charge in [0.15, 0.2) is 5.78 Å². The fraction of sp³-hybridized carbons (Fsp3) is 0.750. The summed E-state index contributed by atoms with van der Waals surface area (Å²) in [5.74, 6) is 0.156. The van der Waals surface area contributed by atoms with Gasteiger partial charge < -0.3 is 9.64 Å². The predicted octanol–water partition coefficient (Wildman–Crippen LogP) is 2.56. The van der Waals surface area contributed by atoms with E-state index in [4.69, 9.17) is 4.74 Å². The Morgan fingerprint density at radius 3 is 2.38 bits per heavy atom. The van der Waals surface area contributed by atoms with E-state index in [-0.39, 0.29) is 17.4 Å². The van der Waals surface area contributed by atoms with Crippen LogP contribution in [0, 0.1) is 0 Å². The number of likely N-dealkylation sites (tertiary alicyclic amines) is 1. The first-order valence-corrected chi connectivity index (χ1v) is 7.54. The molecule has 1 aliphatic heterocycles. The Hall–Kier alpha value is -1.52. The van der Waals surface area contributed by atoms with Gasteiger partial charge >= 0.3 is 6.09 Å². The van der Waals surface area contributed by atoms with Crippen LogP contribution in [0.5, 0.6) is 0 Å². The molecule has 1 spiro atoms. The summed E-state index contributed by atoms with van der Waals surface area (Å²) < 4.78 is 5.53. The smallest absolute Gasteiger partial charge is 0.411 e. The van der Waals surface area contributed by atoms with E-state index in [0.717, 1.165) is 19.3 Å². The number of nitrogens with zero attached hydrogens (tertiary/aromatic N) is 2. The van der Waals surface area contributed by atoms with Crippen molar-refractivity contribution in [2.75, 3.05) is 20.6 Å². The molecule has 1 saturated carbocycles. The van der Waals surface area contributed by atoms with Gasteiger partial charge in [-0.1, -0.05) is 0 Å². The van der Waals surface area contributed by atoms with Gasteiger partial charge in [0.05, 0.1) is 12.1 Å². The zero-order valence-corrected chi connectivity index (χ0v) is 13.7. The third kappa shape index (κ3) is 3.39. The zero-order chi connectivity index (χ0) is 15.8. The van der Waals surface area contributed by atoms with Crippen LogP contribution in [-0.2, 0) is 9.53 Å². The quantitative estimate of drug-likeness (QED) is 0.697. The number of hydrogen-bond donors (Lipinski definition) is 0. The van der Waals surface area contributed by atoms with E-state index in [1.165, 1.54) is 0 Å². The molecule has 1 amide bonds. The van der Waals surface area contributed by atoms with Gasteiger partial charge in [0.1, 0.15) is 5.60 Å². The number of hydrogen-bond acceptors (Lipinski definition) is 4. The highest BCUT2D eigenvalue weighted by molar-refractivity contribution is 5.98. The molecule has 0 bridgehead atoms. The molecule has 0 aromatic carbocycles. The van der Waals surface area contributed by atoms with Crippen molar-refractivity contribution in [3.05, 3.63) is 11.8 Å². The summed E-state index contributed by atoms with van der Waals surface area (Å²) in [4.78, 5) is 28.5. The van der Waals surface area contributed by atoms with Crippen LogP contribution in [0.3, 0.4) is 0 Å². The van der Waals surface area contributed by atoms with Gasteiger partial charge in [-0.25, -0.2) is 4.79 Å². The highest BCUT2D eigenvalue weighted by Crippen LogP contribution is 2.44. The molecule has 0 atom stereocenters. The van der Waals surface area contributed by atoms with E-state index in [1.807, 2.05) is 46.0 Å². The minimum Gasteiger partial charge on any atom is -0.444 e. The number of carbonyl (C=O) groups is 2. The lowest BCUT2D eigenvalue weighted by molar-refractivity contribution is -0.124. The van der Waals surface area contributed by atoms with Crippen molar-refractivity contribution < 1.29 is 14.3 Å². The lowest BCUT2D eigenvalue weighted by Crippen LogP contribution is -2.61. The predicted molar refractivity (Wildman–Crippen MR) is 80.9 cm³/mol. The number of ether oxygens (including phenoxy) is 1. The summed E-state index contributed by atoms with van der Waals surface area (Å²) >= 11 is 0. The van der Waals surface area contributed by atoms with E-state index in [9.17, 15) is 9.59 Å². The molecule has 5 heteroatoms. The summed E-state index contributed by atoms with van der Waals surface area (Å²) in [5, 5.41) is 0. The molecular weight excluding hydrogens is 268 g/mol. The van der Waals surface area contributed by atoms with Crippen LogP contribution in [0.2, 0.25) is 0 Å². The Balaban J connectivity index is 2.23. The van der Waals surface area contributed by atoms with Gasteiger partial charge in [-0.2, -0.15) is 0 Å². The maximum Gasteiger partial charge on any atom is 0.411 e. The lowest BCUT2D eigenvalue weighted by Gasteiger charge is -2.52. The van der Waals surface area contributed by atoms with E-state index in [0.29, 0.717) is 18.5 Å². The fourth-order valence-electron chi connectivity index (χ4n) is 2.97. The molecule has 21 heavy (non-hydrogen) atoms. The fourth-order valence-corrected chi connectivity index (χ4v) is 2.97. The van der Waals surface area contributed by atoms with Crippen molar-refractivity contribution in [1.82, 2.24) is 9.80 Å². The van der Waals surface area contributed by atoms with Crippen molar-refractivity contribution in [3.8, 4) is 0 Å². The standard InChI is InChI=1S/C16H26N2O3/c1-15(2,3)21-14(20)18-11-12(10-17(4)5)13(19)9-16(18)7-6-8-16/h10H,6-9,11H2,1-5H3. The number of carbonyl (C=O) groups excluding carboxylic acids is 2. The molecule has 0 N–H and O–H groups in total. The van der Waals surface area contributed by atoms with Crippen LogP contribution >= 0.6 is 0 Å². The molecule has 1 heterocycles. The van der Waals surface area contributed by atoms with Crippen molar-refractivity contribution in [2.24, 2.45) is 0 Å². The Morgan fingerprint density at radius 1 is 1.33 bits per heavy atom. The average molecular weight is 294 g/mol.